The molecule has 0 amide bonds. The fourth-order valence-electron chi connectivity index (χ4n) is 2.24. The zero-order valence-electron chi connectivity index (χ0n) is 11.4. The van der Waals surface area contributed by atoms with Crippen molar-refractivity contribution < 1.29 is 9.50 Å². The van der Waals surface area contributed by atoms with Crippen LogP contribution in [0.15, 0.2) is 48.5 Å². The molecule has 20 heavy (non-hydrogen) atoms. The van der Waals surface area contributed by atoms with Crippen molar-refractivity contribution in [3.05, 3.63) is 59.9 Å². The Morgan fingerprint density at radius 2 is 1.55 bits per heavy atom. The zero-order chi connectivity index (χ0) is 14.6. The predicted octanol–water partition coefficient (Wildman–Crippen LogP) is 4.11. The van der Waals surface area contributed by atoms with Gasteiger partial charge in [0.25, 0.3) is 0 Å². The molecule has 2 aromatic carbocycles. The molecule has 0 saturated heterocycles. The Labute approximate surface area is 119 Å². The summed E-state index contributed by atoms with van der Waals surface area (Å²) >= 11 is 0. The quantitative estimate of drug-likeness (QED) is 0.827. The molecule has 0 radical (unpaired) electrons. The van der Waals surface area contributed by atoms with Crippen LogP contribution in [0, 0.1) is 18.2 Å². The number of benzene rings is 2. The third kappa shape index (κ3) is 2.89. The largest absolute Gasteiger partial charge is 0.373 e. The highest BCUT2D eigenvalue weighted by Crippen LogP contribution is 2.28. The third-order valence-electron chi connectivity index (χ3n) is 3.39. The van der Waals surface area contributed by atoms with Crippen molar-refractivity contribution >= 4 is 0 Å². The van der Waals surface area contributed by atoms with Crippen LogP contribution >= 0.6 is 0 Å². The summed E-state index contributed by atoms with van der Waals surface area (Å²) in [6.07, 6.45) is 6.78. The van der Waals surface area contributed by atoms with E-state index in [4.69, 9.17) is 6.42 Å². The summed E-state index contributed by atoms with van der Waals surface area (Å²) in [4.78, 5) is 0. The van der Waals surface area contributed by atoms with Crippen molar-refractivity contribution in [2.24, 2.45) is 0 Å². The molecule has 0 aliphatic carbocycles. The first-order valence-electron chi connectivity index (χ1n) is 6.65. The molecule has 2 aromatic rings. The van der Waals surface area contributed by atoms with Gasteiger partial charge in [-0.2, -0.15) is 0 Å². The van der Waals surface area contributed by atoms with Gasteiger partial charge in [0.2, 0.25) is 0 Å². The molecule has 0 bridgehead atoms. The van der Waals surface area contributed by atoms with Gasteiger partial charge in [-0.25, -0.2) is 4.39 Å². The van der Waals surface area contributed by atoms with E-state index < -0.39 is 5.60 Å². The van der Waals surface area contributed by atoms with Gasteiger partial charge in [0.1, 0.15) is 5.82 Å². The van der Waals surface area contributed by atoms with E-state index in [1.807, 2.05) is 31.2 Å². The van der Waals surface area contributed by atoms with E-state index >= 15 is 0 Å². The summed E-state index contributed by atoms with van der Waals surface area (Å²) in [7, 11) is 0. The molecule has 0 spiro atoms. The molecule has 2 heteroatoms. The van der Waals surface area contributed by atoms with Gasteiger partial charge in [0.15, 0.2) is 5.60 Å². The van der Waals surface area contributed by atoms with Crippen LogP contribution < -0.4 is 0 Å². The van der Waals surface area contributed by atoms with Crippen LogP contribution in [0.5, 0.6) is 0 Å². The molecule has 2 rings (SSSR count). The Morgan fingerprint density at radius 1 is 1.05 bits per heavy atom. The topological polar surface area (TPSA) is 20.2 Å². The van der Waals surface area contributed by atoms with E-state index in [-0.39, 0.29) is 5.82 Å². The SMILES string of the molecule is C#CC(O)(CCC)c1ccc(-c2ccc(F)cc2)cc1. The lowest BCUT2D eigenvalue weighted by Crippen LogP contribution is -2.22. The monoisotopic (exact) mass is 268 g/mol. The standard InChI is InChI=1S/C18H17FO/c1-3-13-18(20,4-2)16-9-5-14(6-10-16)15-7-11-17(19)12-8-15/h2,5-12,20H,3,13H2,1H3. The fourth-order valence-corrected chi connectivity index (χ4v) is 2.24. The Hall–Kier alpha value is -2.11. The summed E-state index contributed by atoms with van der Waals surface area (Å²) in [5.74, 6) is 2.21. The normalized spacial score (nSPS) is 13.5. The summed E-state index contributed by atoms with van der Waals surface area (Å²) in [5.41, 5.74) is 1.39. The van der Waals surface area contributed by atoms with Crippen molar-refractivity contribution in [1.82, 2.24) is 0 Å². The third-order valence-corrected chi connectivity index (χ3v) is 3.39. The van der Waals surface area contributed by atoms with Gasteiger partial charge in [0.05, 0.1) is 0 Å². The summed E-state index contributed by atoms with van der Waals surface area (Å²) in [6.45, 7) is 1.98. The summed E-state index contributed by atoms with van der Waals surface area (Å²) < 4.78 is 12.9. The maximum Gasteiger partial charge on any atom is 0.150 e. The highest BCUT2D eigenvalue weighted by atomic mass is 19.1. The van der Waals surface area contributed by atoms with Gasteiger partial charge in [-0.05, 0) is 35.2 Å². The lowest BCUT2D eigenvalue weighted by molar-refractivity contribution is 0.0896. The van der Waals surface area contributed by atoms with Crippen molar-refractivity contribution in [2.45, 2.75) is 25.4 Å². The number of hydrogen-bond acceptors (Lipinski definition) is 1. The van der Waals surface area contributed by atoms with Gasteiger partial charge >= 0.3 is 0 Å². The van der Waals surface area contributed by atoms with E-state index in [1.165, 1.54) is 12.1 Å². The second-order valence-corrected chi connectivity index (χ2v) is 4.84. The minimum absolute atomic E-state index is 0.255. The predicted molar refractivity (Wildman–Crippen MR) is 79.5 cm³/mol. The number of rotatable bonds is 4. The minimum Gasteiger partial charge on any atom is -0.373 e. The van der Waals surface area contributed by atoms with E-state index in [0.29, 0.717) is 12.0 Å². The van der Waals surface area contributed by atoms with Crippen molar-refractivity contribution in [3.8, 4) is 23.5 Å². The van der Waals surface area contributed by atoms with Gasteiger partial charge < -0.3 is 5.11 Å². The maximum atomic E-state index is 12.9. The van der Waals surface area contributed by atoms with E-state index in [0.717, 1.165) is 17.5 Å². The maximum absolute atomic E-state index is 12.9. The Morgan fingerprint density at radius 3 is 2.00 bits per heavy atom. The summed E-state index contributed by atoms with van der Waals surface area (Å²) in [5, 5.41) is 10.4. The van der Waals surface area contributed by atoms with Gasteiger partial charge in [0, 0.05) is 0 Å². The van der Waals surface area contributed by atoms with Gasteiger partial charge in [-0.15, -0.1) is 6.42 Å². The molecule has 0 aliphatic rings. The molecule has 0 saturated carbocycles. The number of hydrogen-bond donors (Lipinski definition) is 1. The molecule has 102 valence electrons. The molecule has 1 nitrogen and oxygen atoms in total. The highest BCUT2D eigenvalue weighted by Gasteiger charge is 2.25. The summed E-state index contributed by atoms with van der Waals surface area (Å²) in [6, 6.07) is 13.7. The molecule has 1 atom stereocenters. The lowest BCUT2D eigenvalue weighted by Gasteiger charge is -2.22. The number of aliphatic hydroxyl groups is 1. The van der Waals surface area contributed by atoms with E-state index in [9.17, 15) is 9.50 Å². The van der Waals surface area contributed by atoms with Crippen LogP contribution in [-0.4, -0.2) is 5.11 Å². The molecule has 1 N–H and O–H groups in total. The van der Waals surface area contributed by atoms with Crippen molar-refractivity contribution in [3.63, 3.8) is 0 Å². The van der Waals surface area contributed by atoms with Crippen LogP contribution in [-0.2, 0) is 5.60 Å². The Bertz CT molecular complexity index is 607. The molecular weight excluding hydrogens is 251 g/mol. The average Bonchev–Trinajstić information content (AvgIpc) is 2.48. The first-order valence-corrected chi connectivity index (χ1v) is 6.65. The smallest absolute Gasteiger partial charge is 0.150 e. The fraction of sp³-hybridized carbons (Fsp3) is 0.222. The molecule has 0 fully saturated rings. The van der Waals surface area contributed by atoms with Crippen molar-refractivity contribution in [2.75, 3.05) is 0 Å². The second-order valence-electron chi connectivity index (χ2n) is 4.84. The first kappa shape index (κ1) is 14.3. The van der Waals surface area contributed by atoms with E-state index in [1.54, 1.807) is 12.1 Å². The highest BCUT2D eigenvalue weighted by molar-refractivity contribution is 5.63. The minimum atomic E-state index is -1.21. The Kier molecular flexibility index (Phi) is 4.22. The Balaban J connectivity index is 2.31. The van der Waals surface area contributed by atoms with Crippen LogP contribution in [0.4, 0.5) is 4.39 Å². The van der Waals surface area contributed by atoms with Crippen molar-refractivity contribution in [1.29, 1.82) is 0 Å². The average molecular weight is 268 g/mol. The molecule has 1 unspecified atom stereocenters. The lowest BCUT2D eigenvalue weighted by atomic mass is 9.89. The first-order chi connectivity index (χ1) is 9.59. The molecule has 0 heterocycles. The number of terminal acetylenes is 1. The second kappa shape index (κ2) is 5.90. The van der Waals surface area contributed by atoms with Crippen LogP contribution in [0.3, 0.4) is 0 Å². The van der Waals surface area contributed by atoms with Crippen LogP contribution in [0.25, 0.3) is 11.1 Å². The van der Waals surface area contributed by atoms with E-state index in [2.05, 4.69) is 5.92 Å². The molecular formula is C18H17FO. The van der Waals surface area contributed by atoms with Gasteiger partial charge in [-0.1, -0.05) is 55.7 Å². The molecule has 0 aromatic heterocycles. The number of halogens is 1. The van der Waals surface area contributed by atoms with Gasteiger partial charge in [-0.3, -0.25) is 0 Å². The van der Waals surface area contributed by atoms with Crippen LogP contribution in [0.1, 0.15) is 25.3 Å². The molecule has 0 aliphatic heterocycles. The van der Waals surface area contributed by atoms with Crippen LogP contribution in [0.2, 0.25) is 0 Å². The zero-order valence-corrected chi connectivity index (χ0v) is 11.4.